The number of carboxylic acid groups (broad SMARTS) is 1. The zero-order chi connectivity index (χ0) is 15.6. The van der Waals surface area contributed by atoms with Crippen LogP contribution >= 0.6 is 0 Å². The summed E-state index contributed by atoms with van der Waals surface area (Å²) in [6.07, 6.45) is 1.35. The lowest BCUT2D eigenvalue weighted by Gasteiger charge is -2.23. The molecule has 4 N–H and O–H groups in total. The molecule has 0 fully saturated rings. The maximum Gasteiger partial charge on any atom is 0.337 e. The molecule has 1 heterocycles. The predicted molar refractivity (Wildman–Crippen MR) is 84.0 cm³/mol. The number of pyridine rings is 1. The molecule has 0 spiro atoms. The third-order valence-corrected chi connectivity index (χ3v) is 3.16. The van der Waals surface area contributed by atoms with Gasteiger partial charge in [0.25, 0.3) is 0 Å². The van der Waals surface area contributed by atoms with Crippen LogP contribution < -0.4 is 11.1 Å². The molecule has 2 aromatic rings. The number of hydrogen-bond acceptors (Lipinski definition) is 4. The van der Waals surface area contributed by atoms with Crippen molar-refractivity contribution in [3.63, 3.8) is 0 Å². The Balaban J connectivity index is 2.40. The van der Waals surface area contributed by atoms with Crippen LogP contribution in [0.1, 0.15) is 36.7 Å². The third kappa shape index (κ3) is 3.31. The molecule has 21 heavy (non-hydrogen) atoms. The minimum Gasteiger partial charge on any atom is -0.478 e. The average molecular weight is 285 g/mol. The first-order chi connectivity index (χ1) is 9.79. The maximum atomic E-state index is 11.1. The van der Waals surface area contributed by atoms with Gasteiger partial charge in [0, 0.05) is 5.69 Å². The molecule has 2 rings (SSSR count). The highest BCUT2D eigenvalue weighted by Crippen LogP contribution is 2.31. The van der Waals surface area contributed by atoms with Gasteiger partial charge >= 0.3 is 5.97 Å². The average Bonchev–Trinajstić information content (AvgIpc) is 2.40. The van der Waals surface area contributed by atoms with Crippen molar-refractivity contribution in [1.29, 1.82) is 0 Å². The number of aromatic carboxylic acids is 1. The van der Waals surface area contributed by atoms with Crippen LogP contribution in [0.5, 0.6) is 0 Å². The zero-order valence-corrected chi connectivity index (χ0v) is 12.3. The number of carboxylic acids is 1. The molecule has 0 saturated carbocycles. The molecule has 0 amide bonds. The molecular formula is C16H19N3O2. The summed E-state index contributed by atoms with van der Waals surface area (Å²) in [5.41, 5.74) is 7.80. The van der Waals surface area contributed by atoms with Crippen LogP contribution in [0.25, 0.3) is 0 Å². The van der Waals surface area contributed by atoms with Crippen molar-refractivity contribution >= 4 is 23.2 Å². The van der Waals surface area contributed by atoms with Crippen molar-refractivity contribution in [1.82, 2.24) is 4.98 Å². The molecule has 0 aliphatic carbocycles. The van der Waals surface area contributed by atoms with E-state index in [9.17, 15) is 4.79 Å². The highest BCUT2D eigenvalue weighted by atomic mass is 16.4. The predicted octanol–water partition coefficient (Wildman–Crippen LogP) is 3.40. The van der Waals surface area contributed by atoms with E-state index in [1.165, 1.54) is 12.3 Å². The van der Waals surface area contributed by atoms with Crippen LogP contribution in [0.15, 0.2) is 36.5 Å². The van der Waals surface area contributed by atoms with Gasteiger partial charge in [0.1, 0.15) is 5.82 Å². The molecule has 5 heteroatoms. The van der Waals surface area contributed by atoms with E-state index in [1.807, 2.05) is 24.3 Å². The first-order valence-electron chi connectivity index (χ1n) is 6.64. The number of rotatable bonds is 3. The van der Waals surface area contributed by atoms with Crippen molar-refractivity contribution in [2.75, 3.05) is 11.1 Å². The van der Waals surface area contributed by atoms with Crippen LogP contribution in [0.2, 0.25) is 0 Å². The molecule has 0 bridgehead atoms. The van der Waals surface area contributed by atoms with Crippen LogP contribution in [0.3, 0.4) is 0 Å². The number of carbonyl (C=O) groups is 1. The number of nitrogens with two attached hydrogens (primary N) is 1. The Labute approximate surface area is 123 Å². The highest BCUT2D eigenvalue weighted by Gasteiger charge is 2.18. The summed E-state index contributed by atoms with van der Waals surface area (Å²) in [6, 6.07) is 9.33. The summed E-state index contributed by atoms with van der Waals surface area (Å²) >= 11 is 0. The molecule has 0 unspecified atom stereocenters. The van der Waals surface area contributed by atoms with E-state index in [2.05, 4.69) is 31.1 Å². The van der Waals surface area contributed by atoms with Gasteiger partial charge in [-0.2, -0.15) is 0 Å². The van der Waals surface area contributed by atoms with E-state index >= 15 is 0 Å². The van der Waals surface area contributed by atoms with Crippen LogP contribution in [0, 0.1) is 0 Å². The number of nitrogens with zero attached hydrogens (tertiary/aromatic N) is 1. The van der Waals surface area contributed by atoms with Crippen LogP contribution in [-0.4, -0.2) is 16.1 Å². The van der Waals surface area contributed by atoms with Gasteiger partial charge in [0.2, 0.25) is 0 Å². The fraction of sp³-hybridized carbons (Fsp3) is 0.250. The number of aromatic nitrogens is 1. The second kappa shape index (κ2) is 5.44. The minimum atomic E-state index is -1.07. The molecule has 0 atom stereocenters. The highest BCUT2D eigenvalue weighted by molar-refractivity contribution is 5.94. The Bertz CT molecular complexity index is 675. The number of nitrogens with one attached hydrogen (secondary N) is 1. The zero-order valence-electron chi connectivity index (χ0n) is 12.3. The molecule has 0 radical (unpaired) electrons. The van der Waals surface area contributed by atoms with Crippen molar-refractivity contribution in [3.8, 4) is 0 Å². The van der Waals surface area contributed by atoms with Crippen molar-refractivity contribution < 1.29 is 9.90 Å². The summed E-state index contributed by atoms with van der Waals surface area (Å²) < 4.78 is 0. The molecular weight excluding hydrogens is 266 g/mol. The standard InChI is InChI=1S/C16H19N3O2/c1-16(2,3)11-6-4-5-7-13(11)19-14-8-10(15(20)21)12(17)9-18-14/h4-9H,17H2,1-3H3,(H,18,19)(H,20,21). The van der Waals surface area contributed by atoms with E-state index in [0.717, 1.165) is 11.3 Å². The van der Waals surface area contributed by atoms with Crippen molar-refractivity contribution in [2.24, 2.45) is 0 Å². The van der Waals surface area contributed by atoms with E-state index in [4.69, 9.17) is 10.8 Å². The molecule has 5 nitrogen and oxygen atoms in total. The topological polar surface area (TPSA) is 88.2 Å². The summed E-state index contributed by atoms with van der Waals surface area (Å²) in [7, 11) is 0. The SMILES string of the molecule is CC(C)(C)c1ccccc1Nc1cc(C(=O)O)c(N)cn1. The van der Waals surface area contributed by atoms with Gasteiger partial charge in [-0.05, 0) is 23.1 Å². The van der Waals surface area contributed by atoms with Crippen LogP contribution in [-0.2, 0) is 5.41 Å². The molecule has 0 saturated heterocycles. The third-order valence-electron chi connectivity index (χ3n) is 3.16. The lowest BCUT2D eigenvalue weighted by atomic mass is 9.86. The van der Waals surface area contributed by atoms with Gasteiger partial charge in [-0.25, -0.2) is 9.78 Å². The first kappa shape index (κ1) is 14.8. The first-order valence-corrected chi connectivity index (χ1v) is 6.64. The molecule has 1 aromatic heterocycles. The second-order valence-electron chi connectivity index (χ2n) is 5.88. The smallest absolute Gasteiger partial charge is 0.337 e. The summed E-state index contributed by atoms with van der Waals surface area (Å²) in [6.45, 7) is 6.35. The number of benzene rings is 1. The summed E-state index contributed by atoms with van der Waals surface area (Å²) in [4.78, 5) is 15.3. The Morgan fingerprint density at radius 3 is 2.57 bits per heavy atom. The normalized spacial score (nSPS) is 11.2. The van der Waals surface area contributed by atoms with E-state index in [0.29, 0.717) is 5.82 Å². The monoisotopic (exact) mass is 285 g/mol. The van der Waals surface area contributed by atoms with Gasteiger partial charge in [-0.1, -0.05) is 39.0 Å². The lowest BCUT2D eigenvalue weighted by Crippen LogP contribution is -2.14. The quantitative estimate of drug-likeness (QED) is 0.804. The molecule has 0 aliphatic heterocycles. The fourth-order valence-electron chi connectivity index (χ4n) is 2.10. The van der Waals surface area contributed by atoms with Crippen molar-refractivity contribution in [2.45, 2.75) is 26.2 Å². The maximum absolute atomic E-state index is 11.1. The van der Waals surface area contributed by atoms with Gasteiger partial charge in [0.05, 0.1) is 17.4 Å². The van der Waals surface area contributed by atoms with Gasteiger partial charge in [-0.3, -0.25) is 0 Å². The van der Waals surface area contributed by atoms with Gasteiger partial charge in [-0.15, -0.1) is 0 Å². The van der Waals surface area contributed by atoms with Gasteiger partial charge in [0.15, 0.2) is 0 Å². The number of hydrogen-bond donors (Lipinski definition) is 3. The lowest BCUT2D eigenvalue weighted by molar-refractivity contribution is 0.0698. The van der Waals surface area contributed by atoms with Gasteiger partial charge < -0.3 is 16.2 Å². The largest absolute Gasteiger partial charge is 0.478 e. The van der Waals surface area contributed by atoms with E-state index in [-0.39, 0.29) is 16.7 Å². The van der Waals surface area contributed by atoms with E-state index < -0.39 is 5.97 Å². The summed E-state index contributed by atoms with van der Waals surface area (Å²) in [5.74, 6) is -0.611. The fourth-order valence-corrected chi connectivity index (χ4v) is 2.10. The number of anilines is 3. The molecule has 0 aliphatic rings. The second-order valence-corrected chi connectivity index (χ2v) is 5.88. The number of nitrogen functional groups attached to an aromatic ring is 1. The Morgan fingerprint density at radius 2 is 1.95 bits per heavy atom. The van der Waals surface area contributed by atoms with E-state index in [1.54, 1.807) is 0 Å². The van der Waals surface area contributed by atoms with Crippen LogP contribution in [0.4, 0.5) is 17.2 Å². The minimum absolute atomic E-state index is 0.0347. The molecule has 1 aromatic carbocycles. The number of para-hydroxylation sites is 1. The Hall–Kier alpha value is -2.56. The summed E-state index contributed by atoms with van der Waals surface area (Å²) in [5, 5.41) is 12.3. The Morgan fingerprint density at radius 1 is 1.29 bits per heavy atom. The molecule has 110 valence electrons. The van der Waals surface area contributed by atoms with Crippen molar-refractivity contribution in [3.05, 3.63) is 47.7 Å². The Kier molecular flexibility index (Phi) is 3.84.